The fourth-order valence-electron chi connectivity index (χ4n) is 1.76. The lowest BCUT2D eigenvalue weighted by atomic mass is 9.90. The van der Waals surface area contributed by atoms with Gasteiger partial charge < -0.3 is 4.90 Å². The highest BCUT2D eigenvalue weighted by Gasteiger charge is 2.16. The van der Waals surface area contributed by atoms with Crippen molar-refractivity contribution in [2.75, 3.05) is 19.6 Å². The lowest BCUT2D eigenvalue weighted by Gasteiger charge is -2.30. The van der Waals surface area contributed by atoms with Gasteiger partial charge in [-0.05, 0) is 55.6 Å². The van der Waals surface area contributed by atoms with Gasteiger partial charge in [0.25, 0.3) is 0 Å². The quantitative estimate of drug-likeness (QED) is 0.604. The van der Waals surface area contributed by atoms with Crippen LogP contribution < -0.4 is 0 Å². The smallest absolute Gasteiger partial charge is 0.00137 e. The van der Waals surface area contributed by atoms with Crippen LogP contribution in [-0.4, -0.2) is 24.5 Å². The molecule has 1 heteroatoms. The maximum absolute atomic E-state index is 2.68. The van der Waals surface area contributed by atoms with E-state index in [0.29, 0.717) is 10.8 Å². The van der Waals surface area contributed by atoms with Crippen molar-refractivity contribution >= 4 is 0 Å². The van der Waals surface area contributed by atoms with Gasteiger partial charge in [0.2, 0.25) is 0 Å². The van der Waals surface area contributed by atoms with E-state index in [0.717, 1.165) is 5.92 Å². The first-order chi connectivity index (χ1) is 7.99. The van der Waals surface area contributed by atoms with Crippen LogP contribution in [0.2, 0.25) is 0 Å². The monoisotopic (exact) mass is 255 g/mol. The maximum atomic E-state index is 2.68. The van der Waals surface area contributed by atoms with Crippen LogP contribution in [0.15, 0.2) is 0 Å². The summed E-state index contributed by atoms with van der Waals surface area (Å²) < 4.78 is 0. The summed E-state index contributed by atoms with van der Waals surface area (Å²) in [6.45, 7) is 22.5. The highest BCUT2D eigenvalue weighted by molar-refractivity contribution is 4.70. The molecule has 0 spiro atoms. The second-order valence-corrected chi connectivity index (χ2v) is 8.65. The average molecular weight is 255 g/mol. The molecule has 0 radical (unpaired) electrons. The van der Waals surface area contributed by atoms with Crippen molar-refractivity contribution < 1.29 is 0 Å². The predicted molar refractivity (Wildman–Crippen MR) is 84.0 cm³/mol. The third kappa shape index (κ3) is 12.4. The second kappa shape index (κ2) is 7.53. The van der Waals surface area contributed by atoms with Crippen LogP contribution in [0.25, 0.3) is 0 Å². The van der Waals surface area contributed by atoms with Crippen molar-refractivity contribution in [1.29, 1.82) is 0 Å². The Labute approximate surface area is 116 Å². The zero-order valence-corrected chi connectivity index (χ0v) is 14.3. The molecule has 110 valence electrons. The normalized spacial score (nSPS) is 13.7. The first-order valence-electron chi connectivity index (χ1n) is 7.72. The molecule has 0 aliphatic carbocycles. The Morgan fingerprint density at radius 1 is 0.722 bits per heavy atom. The SMILES string of the molecule is CC(C)CCN(CCC(C)(C)C)CCC(C)(C)C. The summed E-state index contributed by atoms with van der Waals surface area (Å²) in [5.41, 5.74) is 0.912. The van der Waals surface area contributed by atoms with Crippen LogP contribution in [0.1, 0.15) is 74.7 Å². The van der Waals surface area contributed by atoms with Crippen LogP contribution in [0, 0.1) is 16.7 Å². The van der Waals surface area contributed by atoms with Gasteiger partial charge in [-0.2, -0.15) is 0 Å². The molecule has 0 amide bonds. The maximum Gasteiger partial charge on any atom is -0.00137 e. The Morgan fingerprint density at radius 3 is 1.39 bits per heavy atom. The van der Waals surface area contributed by atoms with Gasteiger partial charge in [0.05, 0.1) is 0 Å². The van der Waals surface area contributed by atoms with E-state index in [1.807, 2.05) is 0 Å². The van der Waals surface area contributed by atoms with Gasteiger partial charge in [0, 0.05) is 0 Å². The third-order valence-corrected chi connectivity index (χ3v) is 3.38. The molecule has 18 heavy (non-hydrogen) atoms. The van der Waals surface area contributed by atoms with Crippen LogP contribution in [0.4, 0.5) is 0 Å². The Balaban J connectivity index is 4.16. The van der Waals surface area contributed by atoms with Crippen LogP contribution in [0.5, 0.6) is 0 Å². The molecule has 0 aromatic rings. The van der Waals surface area contributed by atoms with Crippen molar-refractivity contribution in [3.05, 3.63) is 0 Å². The predicted octanol–water partition coefficient (Wildman–Crippen LogP) is 5.21. The molecule has 0 N–H and O–H groups in total. The van der Waals surface area contributed by atoms with Crippen molar-refractivity contribution in [2.24, 2.45) is 16.7 Å². The lowest BCUT2D eigenvalue weighted by Crippen LogP contribution is -2.32. The first kappa shape index (κ1) is 18.0. The standard InChI is InChI=1S/C17H37N/c1-15(2)9-12-18(13-10-16(3,4)5)14-11-17(6,7)8/h15H,9-14H2,1-8H3. The van der Waals surface area contributed by atoms with Crippen molar-refractivity contribution in [3.8, 4) is 0 Å². The summed E-state index contributed by atoms with van der Waals surface area (Å²) in [4.78, 5) is 2.68. The molecule has 1 nitrogen and oxygen atoms in total. The third-order valence-electron chi connectivity index (χ3n) is 3.38. The summed E-state index contributed by atoms with van der Waals surface area (Å²) in [5.74, 6) is 0.816. The number of hydrogen-bond donors (Lipinski definition) is 0. The molecule has 0 aromatic carbocycles. The lowest BCUT2D eigenvalue weighted by molar-refractivity contribution is 0.191. The van der Waals surface area contributed by atoms with Crippen LogP contribution >= 0.6 is 0 Å². The van der Waals surface area contributed by atoms with E-state index in [4.69, 9.17) is 0 Å². The van der Waals surface area contributed by atoms with E-state index in [-0.39, 0.29) is 0 Å². The molecular weight excluding hydrogens is 218 g/mol. The summed E-state index contributed by atoms with van der Waals surface area (Å²) in [6.07, 6.45) is 3.93. The Hall–Kier alpha value is -0.0400. The fourth-order valence-corrected chi connectivity index (χ4v) is 1.76. The van der Waals surface area contributed by atoms with Gasteiger partial charge in [-0.15, -0.1) is 0 Å². The van der Waals surface area contributed by atoms with E-state index in [2.05, 4.69) is 60.3 Å². The van der Waals surface area contributed by atoms with Crippen molar-refractivity contribution in [2.45, 2.75) is 74.7 Å². The minimum absolute atomic E-state index is 0.456. The Bertz CT molecular complexity index is 187. The largest absolute Gasteiger partial charge is 0.303 e. The number of rotatable bonds is 7. The molecule has 0 saturated heterocycles. The van der Waals surface area contributed by atoms with Gasteiger partial charge in [0.15, 0.2) is 0 Å². The molecule has 0 aromatic heterocycles. The van der Waals surface area contributed by atoms with Crippen molar-refractivity contribution in [3.63, 3.8) is 0 Å². The molecule has 0 aliphatic heterocycles. The van der Waals surface area contributed by atoms with E-state index in [1.54, 1.807) is 0 Å². The molecule has 0 unspecified atom stereocenters. The van der Waals surface area contributed by atoms with Gasteiger partial charge in [-0.25, -0.2) is 0 Å². The summed E-state index contributed by atoms with van der Waals surface area (Å²) in [6, 6.07) is 0. The van der Waals surface area contributed by atoms with Gasteiger partial charge >= 0.3 is 0 Å². The molecule has 0 heterocycles. The molecule has 0 bridgehead atoms. The highest BCUT2D eigenvalue weighted by atomic mass is 15.1. The van der Waals surface area contributed by atoms with E-state index in [1.165, 1.54) is 38.9 Å². The molecule has 0 atom stereocenters. The van der Waals surface area contributed by atoms with E-state index in [9.17, 15) is 0 Å². The molecule has 0 aliphatic rings. The summed E-state index contributed by atoms with van der Waals surface area (Å²) in [5, 5.41) is 0. The molecule has 0 fully saturated rings. The zero-order valence-electron chi connectivity index (χ0n) is 14.3. The number of nitrogens with zero attached hydrogens (tertiary/aromatic N) is 1. The zero-order chi connectivity index (χ0) is 14.4. The van der Waals surface area contributed by atoms with Gasteiger partial charge in [-0.1, -0.05) is 55.4 Å². The van der Waals surface area contributed by atoms with Crippen LogP contribution in [-0.2, 0) is 0 Å². The van der Waals surface area contributed by atoms with E-state index < -0.39 is 0 Å². The highest BCUT2D eigenvalue weighted by Crippen LogP contribution is 2.22. The fraction of sp³-hybridized carbons (Fsp3) is 1.00. The Morgan fingerprint density at radius 2 is 1.11 bits per heavy atom. The molecule has 0 saturated carbocycles. The minimum atomic E-state index is 0.456. The molecular formula is C17H37N. The van der Waals surface area contributed by atoms with Gasteiger partial charge in [0.1, 0.15) is 0 Å². The Kier molecular flexibility index (Phi) is 7.51. The number of hydrogen-bond acceptors (Lipinski definition) is 1. The topological polar surface area (TPSA) is 3.24 Å². The first-order valence-corrected chi connectivity index (χ1v) is 7.72. The minimum Gasteiger partial charge on any atom is -0.303 e. The van der Waals surface area contributed by atoms with Crippen molar-refractivity contribution in [1.82, 2.24) is 4.90 Å². The summed E-state index contributed by atoms with van der Waals surface area (Å²) >= 11 is 0. The van der Waals surface area contributed by atoms with Crippen LogP contribution in [0.3, 0.4) is 0 Å². The molecule has 0 rings (SSSR count). The van der Waals surface area contributed by atoms with E-state index >= 15 is 0 Å². The summed E-state index contributed by atoms with van der Waals surface area (Å²) in [7, 11) is 0. The van der Waals surface area contributed by atoms with Gasteiger partial charge in [-0.3, -0.25) is 0 Å². The second-order valence-electron chi connectivity index (χ2n) is 8.65. The average Bonchev–Trinajstić information content (AvgIpc) is 2.13.